The maximum absolute atomic E-state index is 12.7. The molecule has 22 aliphatic rings. The van der Waals surface area contributed by atoms with Crippen molar-refractivity contribution in [2.75, 3.05) is 45.0 Å². The minimum Gasteiger partial charge on any atom is -0.456 e. The first kappa shape index (κ1) is 56.5. The number of aliphatic hydroxyl groups is 17. The monoisotopic (exact) mass is 1090 g/mol. The van der Waals surface area contributed by atoms with Crippen LogP contribution in [0.3, 0.4) is 0 Å². The van der Waals surface area contributed by atoms with E-state index in [4.69, 9.17) is 61.6 Å². The van der Waals surface area contributed by atoms with E-state index in [1.54, 1.807) is 0 Å². The van der Waals surface area contributed by atoms with Crippen LogP contribution >= 0.6 is 15.9 Å². The van der Waals surface area contributed by atoms with Crippen LogP contribution in [0.4, 0.5) is 0 Å². The highest BCUT2D eigenvalue weighted by molar-refractivity contribution is 9.09. The number of ether oxygens (including phenoxy) is 13. The zero-order valence-electron chi connectivity index (χ0n) is 36.5. The van der Waals surface area contributed by atoms with E-state index in [9.17, 15) is 91.6 Å². The van der Waals surface area contributed by atoms with E-state index in [2.05, 4.69) is 15.9 Å². The second-order valence-corrected chi connectivity index (χ2v) is 18.0. The van der Waals surface area contributed by atoms with E-state index in [0.29, 0.717) is 0 Å². The zero-order chi connectivity index (χ0) is 51.0. The summed E-state index contributed by atoms with van der Waals surface area (Å²) >= 11 is 2.91. The summed E-state index contributed by atoms with van der Waals surface area (Å²) in [6.45, 7) is -6.13. The van der Waals surface area contributed by atoms with E-state index < -0.39 is 235 Å². The van der Waals surface area contributed by atoms with Gasteiger partial charge in [0, 0.05) is 0 Å². The molecule has 17 N–H and O–H groups in total. The van der Waals surface area contributed by atoms with Gasteiger partial charge in [-0.3, -0.25) is 4.79 Å². The average Bonchev–Trinajstić information content (AvgIpc) is 3.35. The van der Waals surface area contributed by atoms with Crippen LogP contribution in [0.5, 0.6) is 0 Å². The van der Waals surface area contributed by atoms with E-state index >= 15 is 0 Å². The van der Waals surface area contributed by atoms with Crippen LogP contribution in [0.15, 0.2) is 0 Å². The van der Waals surface area contributed by atoms with Gasteiger partial charge < -0.3 is 148 Å². The SMILES string of the molecule is O=C(CBr)O[C@@H]1[C@@H](O)[C@H]2O[C@H]3[C@H](O)[C@@H](O)[C@@H](O[C@H]4[C@H](O)[C@@H](O)[C@@H](O[C@H]5[C@H](O)[C@@H](O)[C@@H](O[C@H]6[C@H](O)[C@@H](O)[C@@H](O[C@H]7[C@H](O)[C@@H](O)[C@@H](O[C@H]1[C@@H](CO)O2)O[C@@H]7CO)O[C@@H]6CO)O[C@@H]5CO)O[C@@H]4CO)O[C@@H]3CO. The van der Waals surface area contributed by atoms with Gasteiger partial charge in [0.05, 0.1) is 39.6 Å². The Morgan fingerprint density at radius 1 is 0.314 bits per heavy atom. The minimum atomic E-state index is -2.19. The molecule has 31 nitrogen and oxygen atoms in total. The fourth-order valence-corrected chi connectivity index (χ4v) is 9.36. The van der Waals surface area contributed by atoms with Crippen molar-refractivity contribution in [3.8, 4) is 0 Å². The van der Waals surface area contributed by atoms with Crippen molar-refractivity contribution in [3.05, 3.63) is 0 Å². The van der Waals surface area contributed by atoms with Crippen LogP contribution in [0, 0.1) is 0 Å². The lowest BCUT2D eigenvalue weighted by Crippen LogP contribution is -2.69. The molecule has 406 valence electrons. The van der Waals surface area contributed by atoms with Gasteiger partial charge in [-0.25, -0.2) is 0 Å². The topological polar surface area (TPSA) is 481 Å². The highest BCUT2D eigenvalue weighted by Crippen LogP contribution is 2.38. The Labute approximate surface area is 403 Å². The van der Waals surface area contributed by atoms with Crippen LogP contribution in [0.2, 0.25) is 0 Å². The molecule has 0 radical (unpaired) electrons. The number of halogens is 1. The van der Waals surface area contributed by atoms with E-state index in [1.165, 1.54) is 0 Å². The summed E-state index contributed by atoms with van der Waals surface area (Å²) in [5, 5.41) is 186. The van der Waals surface area contributed by atoms with Crippen molar-refractivity contribution in [2.24, 2.45) is 0 Å². The van der Waals surface area contributed by atoms with Gasteiger partial charge in [-0.05, 0) is 0 Å². The smallest absolute Gasteiger partial charge is 0.317 e. The van der Waals surface area contributed by atoms with Gasteiger partial charge in [-0.1, -0.05) is 15.9 Å². The highest BCUT2D eigenvalue weighted by atomic mass is 79.9. The van der Waals surface area contributed by atoms with Crippen LogP contribution in [-0.4, -0.2) is 322 Å². The quantitative estimate of drug-likeness (QED) is 0.0793. The molecular weight excluding hydrogens is 1030 g/mol. The largest absolute Gasteiger partial charge is 0.456 e. The second-order valence-electron chi connectivity index (χ2n) is 17.4. The molecule has 22 aliphatic heterocycles. The minimum absolute atomic E-state index is 0.484. The molecule has 0 aromatic carbocycles. The maximum Gasteiger partial charge on any atom is 0.317 e. The number of alkyl halides is 1. The average molecular weight is 1090 g/mol. The van der Waals surface area contributed by atoms with Crippen molar-refractivity contribution < 1.29 is 153 Å². The van der Waals surface area contributed by atoms with Gasteiger partial charge in [0.2, 0.25) is 0 Å². The summed E-state index contributed by atoms with van der Waals surface area (Å²) in [4.78, 5) is 12.7. The summed E-state index contributed by atoms with van der Waals surface area (Å²) in [5.74, 6) is -1.05. The van der Waals surface area contributed by atoms with Crippen molar-refractivity contribution in [3.63, 3.8) is 0 Å². The molecule has 70 heavy (non-hydrogen) atoms. The fraction of sp³-hybridized carbons (Fsp3) is 0.974. The second kappa shape index (κ2) is 24.2. The molecule has 22 heterocycles. The van der Waals surface area contributed by atoms with Crippen molar-refractivity contribution >= 4 is 21.9 Å². The normalized spacial score (nSPS) is 52.8. The van der Waals surface area contributed by atoms with E-state index in [-0.39, 0.29) is 0 Å². The number of carbonyl (C=O) groups excluding carboxylic acids is 1. The molecule has 32 heteroatoms. The third-order valence-electron chi connectivity index (χ3n) is 13.0. The summed E-state index contributed by atoms with van der Waals surface area (Å²) in [7, 11) is 0. The third-order valence-corrected chi connectivity index (χ3v) is 13.5. The number of rotatable bonds is 8. The molecule has 30 atom stereocenters. The molecule has 0 saturated carbocycles. The summed E-state index contributed by atoms with van der Waals surface area (Å²) in [6.07, 6.45) is -59.1. The Kier molecular flexibility index (Phi) is 19.5. The molecule has 22 rings (SSSR count). The van der Waals surface area contributed by atoms with Gasteiger partial charge >= 0.3 is 5.97 Å². The summed E-state index contributed by atoms with van der Waals surface area (Å²) in [6, 6.07) is 0. The molecule has 22 saturated heterocycles. The van der Waals surface area contributed by atoms with Gasteiger partial charge in [-0.2, -0.15) is 0 Å². The van der Waals surface area contributed by atoms with Gasteiger partial charge in [0.15, 0.2) is 43.8 Å². The third kappa shape index (κ3) is 11.2. The fourth-order valence-electron chi connectivity index (χ4n) is 9.23. The molecule has 0 aromatic heterocycles. The molecule has 0 spiro atoms. The predicted octanol–water partition coefficient (Wildman–Crippen LogP) is -12.1. The molecular formula is C38H61BrO31. The first-order chi connectivity index (χ1) is 33.4. The Morgan fingerprint density at radius 3 is 0.729 bits per heavy atom. The molecule has 0 unspecified atom stereocenters. The van der Waals surface area contributed by atoms with Gasteiger partial charge in [0.1, 0.15) is 146 Å². The molecule has 12 bridgehead atoms. The molecule has 0 aromatic rings. The van der Waals surface area contributed by atoms with Gasteiger partial charge in [-0.15, -0.1) is 0 Å². The Morgan fingerprint density at radius 2 is 0.514 bits per heavy atom. The lowest BCUT2D eigenvalue weighted by molar-refractivity contribution is -0.404. The van der Waals surface area contributed by atoms with Crippen LogP contribution in [-0.2, 0) is 66.4 Å². The van der Waals surface area contributed by atoms with E-state index in [1.807, 2.05) is 0 Å². The van der Waals surface area contributed by atoms with E-state index in [0.717, 1.165) is 0 Å². The zero-order valence-corrected chi connectivity index (χ0v) is 38.1. The van der Waals surface area contributed by atoms with Gasteiger partial charge in [0.25, 0.3) is 0 Å². The van der Waals surface area contributed by atoms with Crippen molar-refractivity contribution in [1.29, 1.82) is 0 Å². The highest BCUT2D eigenvalue weighted by Gasteiger charge is 2.59. The first-order valence-electron chi connectivity index (χ1n) is 22.1. The van der Waals surface area contributed by atoms with Crippen molar-refractivity contribution in [1.82, 2.24) is 0 Å². The Balaban J connectivity index is 1.22. The summed E-state index contributed by atoms with van der Waals surface area (Å²) in [5.41, 5.74) is 0. The molecule has 0 aliphatic carbocycles. The first-order valence-corrected chi connectivity index (χ1v) is 23.2. The number of carbonyl (C=O) groups is 1. The van der Waals surface area contributed by atoms with Crippen molar-refractivity contribution in [2.45, 2.75) is 184 Å². The number of aliphatic hydroxyl groups excluding tert-OH is 17. The van der Waals surface area contributed by atoms with Crippen LogP contribution in [0.1, 0.15) is 0 Å². The number of hydrogen-bond acceptors (Lipinski definition) is 31. The number of hydrogen-bond donors (Lipinski definition) is 17. The maximum atomic E-state index is 12.7. The van der Waals surface area contributed by atoms with Crippen LogP contribution in [0.25, 0.3) is 0 Å². The standard InChI is InChI=1S/C38H61BrO31/c39-1-14(46)64-32-25(57)38-63-13(7-45)31(32)70-37-24(56)19(51)29(11(5-43)62-37)68-35-22(54)17(49)27(9(3-41)60-35)66-33-20(52)15(47)26(8(2-40)58-33)65-34-21(53)16(48)28(10(4-42)59-34)67-36-23(55)18(50)30(69-38)12(6-44)61-36/h8-13,15-38,40-45,47-57H,1-7H2/t8-,9-,10-,11-,12-,13-,15-,16-,17-,18-,19-,20-,21-,22-,23-,24-,25-,26-,27-,28-,29-,30-,31+,32-,33-,34-,35-,36-,37-,38-/m1/s1. The molecule has 0 amide bonds. The Hall–Kier alpha value is -1.21. The lowest BCUT2D eigenvalue weighted by Gasteiger charge is -2.51. The number of esters is 1. The lowest BCUT2D eigenvalue weighted by atomic mass is 9.94. The summed E-state index contributed by atoms with van der Waals surface area (Å²) < 4.78 is 74.1. The molecule has 22 fully saturated rings. The van der Waals surface area contributed by atoms with Crippen LogP contribution < -0.4 is 0 Å². The predicted molar refractivity (Wildman–Crippen MR) is 213 cm³/mol. The Bertz CT molecular complexity index is 1650.